The number of hydrogen-bond acceptors (Lipinski definition) is 3. The van der Waals surface area contributed by atoms with Gasteiger partial charge in [-0.15, -0.1) is 0 Å². The molecular formula is C12H18N2O2. The summed E-state index contributed by atoms with van der Waals surface area (Å²) in [5.74, 6) is -0.0728. The molecule has 0 aliphatic heterocycles. The summed E-state index contributed by atoms with van der Waals surface area (Å²) >= 11 is 0. The second kappa shape index (κ2) is 6.98. The molecule has 1 amide bonds. The molecule has 3 N–H and O–H groups in total. The second-order valence-corrected chi connectivity index (χ2v) is 3.52. The van der Waals surface area contributed by atoms with E-state index in [1.54, 1.807) is 0 Å². The van der Waals surface area contributed by atoms with E-state index in [0.717, 1.165) is 5.56 Å². The van der Waals surface area contributed by atoms with Crippen molar-refractivity contribution in [3.63, 3.8) is 0 Å². The third-order valence-electron chi connectivity index (χ3n) is 2.11. The Bertz CT molecular complexity index is 322. The lowest BCUT2D eigenvalue weighted by molar-refractivity contribution is 0.0920. The van der Waals surface area contributed by atoms with E-state index in [0.29, 0.717) is 31.9 Å². The van der Waals surface area contributed by atoms with Gasteiger partial charge in [0.1, 0.15) is 0 Å². The summed E-state index contributed by atoms with van der Waals surface area (Å²) in [4.78, 5) is 11.6. The molecule has 0 radical (unpaired) electrons. The molecule has 0 saturated heterocycles. The number of hydrogen-bond donors (Lipinski definition) is 2. The van der Waals surface area contributed by atoms with Crippen LogP contribution in [-0.2, 0) is 4.74 Å². The molecule has 0 aliphatic rings. The Labute approximate surface area is 95.8 Å². The van der Waals surface area contributed by atoms with Crippen LogP contribution in [0.2, 0.25) is 0 Å². The number of amides is 1. The van der Waals surface area contributed by atoms with E-state index in [1.165, 1.54) is 0 Å². The predicted molar refractivity (Wildman–Crippen MR) is 63.4 cm³/mol. The minimum Gasteiger partial charge on any atom is -0.378 e. The van der Waals surface area contributed by atoms with E-state index in [1.807, 2.05) is 31.2 Å². The van der Waals surface area contributed by atoms with Gasteiger partial charge in [-0.3, -0.25) is 4.79 Å². The lowest BCUT2D eigenvalue weighted by Gasteiger charge is -2.05. The van der Waals surface area contributed by atoms with Crippen LogP contribution >= 0.6 is 0 Å². The minimum atomic E-state index is -0.0728. The average molecular weight is 222 g/mol. The van der Waals surface area contributed by atoms with Crippen molar-refractivity contribution in [3.8, 4) is 0 Å². The maximum absolute atomic E-state index is 11.6. The first kappa shape index (κ1) is 12.7. The van der Waals surface area contributed by atoms with Gasteiger partial charge >= 0.3 is 0 Å². The van der Waals surface area contributed by atoms with Crippen LogP contribution in [0.4, 0.5) is 0 Å². The van der Waals surface area contributed by atoms with Crippen LogP contribution in [-0.4, -0.2) is 32.2 Å². The van der Waals surface area contributed by atoms with Crippen LogP contribution in [0.15, 0.2) is 24.3 Å². The zero-order valence-corrected chi connectivity index (χ0v) is 9.53. The van der Waals surface area contributed by atoms with Crippen molar-refractivity contribution in [1.29, 1.82) is 0 Å². The van der Waals surface area contributed by atoms with Gasteiger partial charge in [-0.1, -0.05) is 17.7 Å². The number of carbonyl (C=O) groups is 1. The standard InChI is InChI=1S/C12H18N2O2/c1-10-2-4-11(5-3-10)12(15)14-7-9-16-8-6-13/h2-5H,6-9,13H2,1H3,(H,14,15). The first-order valence-corrected chi connectivity index (χ1v) is 5.36. The third-order valence-corrected chi connectivity index (χ3v) is 2.11. The molecule has 1 rings (SSSR count). The Morgan fingerprint density at radius 2 is 2.00 bits per heavy atom. The van der Waals surface area contributed by atoms with E-state index in [2.05, 4.69) is 5.32 Å². The Hall–Kier alpha value is -1.39. The molecule has 0 bridgehead atoms. The zero-order valence-electron chi connectivity index (χ0n) is 9.53. The molecule has 0 unspecified atom stereocenters. The molecule has 0 aromatic heterocycles. The van der Waals surface area contributed by atoms with E-state index in [4.69, 9.17) is 10.5 Å². The van der Waals surface area contributed by atoms with Crippen LogP contribution in [0.5, 0.6) is 0 Å². The Kier molecular flexibility index (Phi) is 5.53. The molecule has 0 heterocycles. The summed E-state index contributed by atoms with van der Waals surface area (Å²) in [5, 5.41) is 2.77. The lowest BCUT2D eigenvalue weighted by atomic mass is 10.1. The highest BCUT2D eigenvalue weighted by Gasteiger charge is 2.03. The van der Waals surface area contributed by atoms with Gasteiger partial charge in [0.2, 0.25) is 0 Å². The van der Waals surface area contributed by atoms with Crippen molar-refractivity contribution >= 4 is 5.91 Å². The van der Waals surface area contributed by atoms with Crippen LogP contribution in [0.25, 0.3) is 0 Å². The summed E-state index contributed by atoms with van der Waals surface area (Å²) in [6.45, 7) is 4.02. The third kappa shape index (κ3) is 4.42. The van der Waals surface area contributed by atoms with Crippen LogP contribution in [0, 0.1) is 6.92 Å². The monoisotopic (exact) mass is 222 g/mol. The highest BCUT2D eigenvalue weighted by molar-refractivity contribution is 5.94. The fourth-order valence-corrected chi connectivity index (χ4v) is 1.23. The predicted octanol–water partition coefficient (Wildman–Crippen LogP) is 0.700. The number of ether oxygens (including phenoxy) is 1. The number of rotatable bonds is 6. The van der Waals surface area contributed by atoms with E-state index in [9.17, 15) is 4.79 Å². The summed E-state index contributed by atoms with van der Waals surface area (Å²) in [7, 11) is 0. The maximum Gasteiger partial charge on any atom is 0.251 e. The number of carbonyl (C=O) groups excluding carboxylic acids is 1. The fraction of sp³-hybridized carbons (Fsp3) is 0.417. The molecule has 0 saturated carbocycles. The van der Waals surface area contributed by atoms with Gasteiger partial charge < -0.3 is 15.8 Å². The summed E-state index contributed by atoms with van der Waals surface area (Å²) in [6.07, 6.45) is 0. The molecule has 88 valence electrons. The van der Waals surface area contributed by atoms with Gasteiger partial charge in [-0.2, -0.15) is 0 Å². The van der Waals surface area contributed by atoms with Gasteiger partial charge in [-0.25, -0.2) is 0 Å². The quantitative estimate of drug-likeness (QED) is 0.696. The summed E-state index contributed by atoms with van der Waals surface area (Å²) < 4.78 is 5.15. The Morgan fingerprint density at radius 1 is 1.31 bits per heavy atom. The Morgan fingerprint density at radius 3 is 2.62 bits per heavy atom. The fourth-order valence-electron chi connectivity index (χ4n) is 1.23. The largest absolute Gasteiger partial charge is 0.378 e. The highest BCUT2D eigenvalue weighted by atomic mass is 16.5. The summed E-state index contributed by atoms with van der Waals surface area (Å²) in [5.41, 5.74) is 7.08. The van der Waals surface area contributed by atoms with Crippen LogP contribution in [0.3, 0.4) is 0 Å². The van der Waals surface area contributed by atoms with Gasteiger partial charge in [0.15, 0.2) is 0 Å². The molecule has 0 atom stereocenters. The molecule has 16 heavy (non-hydrogen) atoms. The molecule has 0 fully saturated rings. The van der Waals surface area contributed by atoms with Crippen molar-refractivity contribution in [2.24, 2.45) is 5.73 Å². The smallest absolute Gasteiger partial charge is 0.251 e. The SMILES string of the molecule is Cc1ccc(C(=O)NCCOCCN)cc1. The average Bonchev–Trinajstić information content (AvgIpc) is 2.29. The minimum absolute atomic E-state index is 0.0728. The van der Waals surface area contributed by atoms with E-state index >= 15 is 0 Å². The molecule has 0 spiro atoms. The van der Waals surface area contributed by atoms with Crippen molar-refractivity contribution in [1.82, 2.24) is 5.32 Å². The first-order valence-electron chi connectivity index (χ1n) is 5.36. The lowest BCUT2D eigenvalue weighted by Crippen LogP contribution is -2.27. The van der Waals surface area contributed by atoms with Crippen molar-refractivity contribution in [2.75, 3.05) is 26.3 Å². The van der Waals surface area contributed by atoms with Crippen LogP contribution in [0.1, 0.15) is 15.9 Å². The van der Waals surface area contributed by atoms with Crippen molar-refractivity contribution in [3.05, 3.63) is 35.4 Å². The Balaban J connectivity index is 2.27. The summed E-state index contributed by atoms with van der Waals surface area (Å²) in [6, 6.07) is 7.45. The van der Waals surface area contributed by atoms with E-state index in [-0.39, 0.29) is 5.91 Å². The zero-order chi connectivity index (χ0) is 11.8. The van der Waals surface area contributed by atoms with Crippen LogP contribution < -0.4 is 11.1 Å². The number of benzene rings is 1. The highest BCUT2D eigenvalue weighted by Crippen LogP contribution is 2.02. The topological polar surface area (TPSA) is 64.3 Å². The second-order valence-electron chi connectivity index (χ2n) is 3.52. The number of aryl methyl sites for hydroxylation is 1. The molecule has 0 aliphatic carbocycles. The van der Waals surface area contributed by atoms with Gasteiger partial charge in [0, 0.05) is 18.7 Å². The molecule has 4 nitrogen and oxygen atoms in total. The number of nitrogens with one attached hydrogen (secondary N) is 1. The van der Waals surface area contributed by atoms with Gasteiger partial charge in [0.25, 0.3) is 5.91 Å². The normalized spacial score (nSPS) is 10.1. The first-order chi connectivity index (χ1) is 7.74. The van der Waals surface area contributed by atoms with Crippen molar-refractivity contribution in [2.45, 2.75) is 6.92 Å². The van der Waals surface area contributed by atoms with E-state index < -0.39 is 0 Å². The van der Waals surface area contributed by atoms with Gasteiger partial charge in [-0.05, 0) is 19.1 Å². The number of nitrogens with two attached hydrogens (primary N) is 1. The van der Waals surface area contributed by atoms with Gasteiger partial charge in [0.05, 0.1) is 13.2 Å². The molecule has 4 heteroatoms. The molecule has 1 aromatic carbocycles. The maximum atomic E-state index is 11.6. The molecule has 1 aromatic rings. The molecular weight excluding hydrogens is 204 g/mol. The van der Waals surface area contributed by atoms with Crippen molar-refractivity contribution < 1.29 is 9.53 Å².